The van der Waals surface area contributed by atoms with Crippen LogP contribution in [0.15, 0.2) is 4.90 Å². The molecule has 1 rings (SSSR count). The summed E-state index contributed by atoms with van der Waals surface area (Å²) in [4.78, 5) is 0.275. The Labute approximate surface area is 115 Å². The molecular weight excluding hydrogens is 264 g/mol. The molecule has 0 saturated carbocycles. The molecule has 0 aliphatic rings. The minimum atomic E-state index is -3.47. The predicted molar refractivity (Wildman–Crippen MR) is 75.4 cm³/mol. The Morgan fingerprint density at radius 1 is 1.26 bits per heavy atom. The maximum atomic E-state index is 12.2. The number of aromatic amines is 1. The van der Waals surface area contributed by atoms with Crippen LogP contribution in [0.2, 0.25) is 0 Å². The zero-order chi connectivity index (χ0) is 14.3. The summed E-state index contributed by atoms with van der Waals surface area (Å²) in [5.41, 5.74) is 1.10. The third-order valence-electron chi connectivity index (χ3n) is 2.90. The van der Waals surface area contributed by atoms with Crippen molar-refractivity contribution in [3.8, 4) is 0 Å². The number of nitrogens with one attached hydrogen (secondary N) is 3. The summed E-state index contributed by atoms with van der Waals surface area (Å²) in [5.74, 6) is 0. The van der Waals surface area contributed by atoms with Gasteiger partial charge in [0.1, 0.15) is 4.90 Å². The number of nitrogens with zero attached hydrogens (tertiary/aromatic N) is 1. The van der Waals surface area contributed by atoms with Gasteiger partial charge in [0.2, 0.25) is 10.0 Å². The van der Waals surface area contributed by atoms with E-state index in [1.807, 2.05) is 0 Å². The van der Waals surface area contributed by atoms with Gasteiger partial charge in [0, 0.05) is 13.1 Å². The predicted octanol–water partition coefficient (Wildman–Crippen LogP) is 1.30. The Morgan fingerprint density at radius 2 is 2.00 bits per heavy atom. The van der Waals surface area contributed by atoms with E-state index in [1.165, 1.54) is 0 Å². The monoisotopic (exact) mass is 288 g/mol. The Kier molecular flexibility index (Phi) is 6.47. The lowest BCUT2D eigenvalue weighted by Gasteiger charge is -2.07. The molecule has 0 aromatic carbocycles. The van der Waals surface area contributed by atoms with Gasteiger partial charge in [0.15, 0.2) is 0 Å². The Balaban J connectivity index is 2.69. The average Bonchev–Trinajstić information content (AvgIpc) is 2.71. The average molecular weight is 288 g/mol. The summed E-state index contributed by atoms with van der Waals surface area (Å²) in [7, 11) is -1.71. The van der Waals surface area contributed by atoms with Crippen molar-refractivity contribution >= 4 is 10.0 Å². The van der Waals surface area contributed by atoms with Gasteiger partial charge >= 0.3 is 0 Å². The summed E-state index contributed by atoms with van der Waals surface area (Å²) >= 11 is 0. The molecule has 0 saturated heterocycles. The molecule has 3 N–H and O–H groups in total. The van der Waals surface area contributed by atoms with E-state index < -0.39 is 10.0 Å². The second-order valence-electron chi connectivity index (χ2n) is 4.61. The summed E-state index contributed by atoms with van der Waals surface area (Å²) in [6, 6.07) is 0. The molecule has 0 atom stereocenters. The van der Waals surface area contributed by atoms with Gasteiger partial charge in [-0.25, -0.2) is 13.1 Å². The minimum absolute atomic E-state index is 0.275. The zero-order valence-corrected chi connectivity index (χ0v) is 12.7. The van der Waals surface area contributed by atoms with Crippen molar-refractivity contribution in [3.05, 3.63) is 11.4 Å². The number of hydrogen-bond donors (Lipinski definition) is 3. The second kappa shape index (κ2) is 7.62. The lowest BCUT2D eigenvalue weighted by Crippen LogP contribution is -2.26. The molecular formula is C12H24N4O2S. The number of unbranched alkanes of at least 4 members (excludes halogenated alkanes) is 3. The zero-order valence-electron chi connectivity index (χ0n) is 11.9. The molecule has 0 fully saturated rings. The van der Waals surface area contributed by atoms with Gasteiger partial charge in [-0.15, -0.1) is 0 Å². The normalized spacial score (nSPS) is 11.9. The molecule has 0 amide bonds. The maximum absolute atomic E-state index is 12.2. The van der Waals surface area contributed by atoms with Crippen molar-refractivity contribution in [2.75, 3.05) is 13.6 Å². The molecule has 0 unspecified atom stereocenters. The lowest BCUT2D eigenvalue weighted by molar-refractivity contribution is 0.571. The van der Waals surface area contributed by atoms with Gasteiger partial charge in [0.05, 0.1) is 11.4 Å². The van der Waals surface area contributed by atoms with Crippen LogP contribution in [0.5, 0.6) is 0 Å². The fraction of sp³-hybridized carbons (Fsp3) is 0.750. The highest BCUT2D eigenvalue weighted by atomic mass is 32.2. The van der Waals surface area contributed by atoms with Crippen molar-refractivity contribution in [3.63, 3.8) is 0 Å². The number of hydrogen-bond acceptors (Lipinski definition) is 4. The first-order valence-corrected chi connectivity index (χ1v) is 8.19. The third kappa shape index (κ3) is 4.59. The van der Waals surface area contributed by atoms with E-state index in [2.05, 4.69) is 27.2 Å². The number of H-pyrrole nitrogens is 1. The highest BCUT2D eigenvalue weighted by Gasteiger charge is 2.23. The van der Waals surface area contributed by atoms with Gasteiger partial charge in [-0.05, 0) is 20.4 Å². The SMILES string of the molecule is CCCCCCNS(=O)(=O)c1c(CNC)n[nH]c1C. The van der Waals surface area contributed by atoms with Crippen LogP contribution >= 0.6 is 0 Å². The highest BCUT2D eigenvalue weighted by Crippen LogP contribution is 2.17. The van der Waals surface area contributed by atoms with Crippen LogP contribution in [-0.2, 0) is 16.6 Å². The molecule has 110 valence electrons. The molecule has 1 aromatic heterocycles. The maximum Gasteiger partial charge on any atom is 0.244 e. The van der Waals surface area contributed by atoms with E-state index in [1.54, 1.807) is 14.0 Å². The van der Waals surface area contributed by atoms with Crippen LogP contribution < -0.4 is 10.0 Å². The summed E-state index contributed by atoms with van der Waals surface area (Å²) in [6.45, 7) is 4.75. The van der Waals surface area contributed by atoms with Crippen LogP contribution in [0.3, 0.4) is 0 Å². The van der Waals surface area contributed by atoms with E-state index in [-0.39, 0.29) is 4.90 Å². The number of aryl methyl sites for hydroxylation is 1. The van der Waals surface area contributed by atoms with E-state index in [4.69, 9.17) is 0 Å². The van der Waals surface area contributed by atoms with E-state index in [0.29, 0.717) is 24.5 Å². The van der Waals surface area contributed by atoms with Gasteiger partial charge in [0.25, 0.3) is 0 Å². The summed E-state index contributed by atoms with van der Waals surface area (Å²) in [5, 5.41) is 9.67. The molecule has 0 aliphatic carbocycles. The van der Waals surface area contributed by atoms with Crippen molar-refractivity contribution in [1.82, 2.24) is 20.2 Å². The summed E-state index contributed by atoms with van der Waals surface area (Å²) < 4.78 is 27.1. The van der Waals surface area contributed by atoms with Crippen LogP contribution in [0, 0.1) is 6.92 Å². The Bertz CT molecular complexity index is 482. The molecule has 0 radical (unpaired) electrons. The van der Waals surface area contributed by atoms with E-state index in [9.17, 15) is 8.42 Å². The van der Waals surface area contributed by atoms with Crippen molar-refractivity contribution in [2.45, 2.75) is 51.0 Å². The molecule has 0 spiro atoms. The van der Waals surface area contributed by atoms with E-state index in [0.717, 1.165) is 25.7 Å². The quantitative estimate of drug-likeness (QED) is 0.598. The van der Waals surface area contributed by atoms with Gasteiger partial charge in [-0.2, -0.15) is 5.10 Å². The number of rotatable bonds is 9. The van der Waals surface area contributed by atoms with Crippen molar-refractivity contribution in [2.24, 2.45) is 0 Å². The molecule has 0 aliphatic heterocycles. The third-order valence-corrected chi connectivity index (χ3v) is 4.56. The molecule has 1 heterocycles. The van der Waals surface area contributed by atoms with Gasteiger partial charge in [-0.3, -0.25) is 5.10 Å². The molecule has 1 aromatic rings. The topological polar surface area (TPSA) is 86.9 Å². The first-order chi connectivity index (χ1) is 9.03. The van der Waals surface area contributed by atoms with Crippen LogP contribution in [-0.4, -0.2) is 32.2 Å². The highest BCUT2D eigenvalue weighted by molar-refractivity contribution is 7.89. The van der Waals surface area contributed by atoms with Crippen molar-refractivity contribution in [1.29, 1.82) is 0 Å². The molecule has 7 heteroatoms. The first-order valence-electron chi connectivity index (χ1n) is 6.71. The molecule has 0 bridgehead atoms. The Hall–Kier alpha value is -0.920. The van der Waals surface area contributed by atoms with Gasteiger partial charge in [-0.1, -0.05) is 26.2 Å². The summed E-state index contributed by atoms with van der Waals surface area (Å²) in [6.07, 6.45) is 4.19. The number of sulfonamides is 1. The van der Waals surface area contributed by atoms with Crippen molar-refractivity contribution < 1.29 is 8.42 Å². The standard InChI is InChI=1S/C12H24N4O2S/c1-4-5-6-7-8-14-19(17,18)12-10(2)15-16-11(12)9-13-3/h13-14H,4-9H2,1-3H3,(H,15,16). The fourth-order valence-electron chi connectivity index (χ4n) is 1.94. The van der Waals surface area contributed by atoms with E-state index >= 15 is 0 Å². The Morgan fingerprint density at radius 3 is 2.63 bits per heavy atom. The lowest BCUT2D eigenvalue weighted by atomic mass is 10.2. The van der Waals surface area contributed by atoms with Crippen LogP contribution in [0.25, 0.3) is 0 Å². The number of aromatic nitrogens is 2. The molecule has 19 heavy (non-hydrogen) atoms. The largest absolute Gasteiger partial charge is 0.314 e. The van der Waals surface area contributed by atoms with Gasteiger partial charge < -0.3 is 5.32 Å². The fourth-order valence-corrected chi connectivity index (χ4v) is 3.38. The van der Waals surface area contributed by atoms with Crippen LogP contribution in [0.1, 0.15) is 44.0 Å². The molecule has 6 nitrogen and oxygen atoms in total. The second-order valence-corrected chi connectivity index (χ2v) is 6.32. The van der Waals surface area contributed by atoms with Crippen LogP contribution in [0.4, 0.5) is 0 Å². The first kappa shape index (κ1) is 16.1. The minimum Gasteiger partial charge on any atom is -0.314 e. The smallest absolute Gasteiger partial charge is 0.244 e.